The molecule has 3 rings (SSSR count). The van der Waals surface area contributed by atoms with Crippen molar-refractivity contribution in [2.75, 3.05) is 6.26 Å². The molecular weight excluding hydrogens is 384 g/mol. The molecule has 144 valence electrons. The van der Waals surface area contributed by atoms with E-state index in [0.29, 0.717) is 16.4 Å². The van der Waals surface area contributed by atoms with Crippen molar-refractivity contribution in [1.82, 2.24) is 10.9 Å². The molecule has 1 atom stereocenters. The summed E-state index contributed by atoms with van der Waals surface area (Å²) in [6.07, 6.45) is 4.17. The maximum Gasteiger partial charge on any atom is 0.279 e. The highest BCUT2D eigenvalue weighted by Gasteiger charge is 2.21. The van der Waals surface area contributed by atoms with Crippen LogP contribution >= 0.6 is 11.3 Å². The van der Waals surface area contributed by atoms with Gasteiger partial charge in [0.15, 0.2) is 9.84 Å². The number of thiophene rings is 1. The van der Waals surface area contributed by atoms with Crippen LogP contribution in [0.5, 0.6) is 0 Å². The highest BCUT2D eigenvalue weighted by Crippen LogP contribution is 2.32. The quantitative estimate of drug-likeness (QED) is 0.767. The number of hydrogen-bond donors (Lipinski definition) is 2. The van der Waals surface area contributed by atoms with Crippen molar-refractivity contribution >= 4 is 33.0 Å². The highest BCUT2D eigenvalue weighted by atomic mass is 32.2. The summed E-state index contributed by atoms with van der Waals surface area (Å²) in [5.41, 5.74) is 6.85. The van der Waals surface area contributed by atoms with E-state index in [9.17, 15) is 18.0 Å². The van der Waals surface area contributed by atoms with Gasteiger partial charge in [-0.05, 0) is 61.4 Å². The van der Waals surface area contributed by atoms with E-state index in [1.807, 2.05) is 6.07 Å². The van der Waals surface area contributed by atoms with Gasteiger partial charge in [-0.25, -0.2) is 8.42 Å². The van der Waals surface area contributed by atoms with Crippen LogP contribution in [-0.2, 0) is 22.7 Å². The summed E-state index contributed by atoms with van der Waals surface area (Å²) in [5, 5.41) is 0. The second kappa shape index (κ2) is 7.44. The molecule has 0 saturated heterocycles. The molecule has 1 aliphatic carbocycles. The average Bonchev–Trinajstić information content (AvgIpc) is 3.02. The molecule has 1 heterocycles. The van der Waals surface area contributed by atoms with Crippen molar-refractivity contribution in [2.24, 2.45) is 5.92 Å². The van der Waals surface area contributed by atoms with Crippen LogP contribution in [0.1, 0.15) is 49.4 Å². The van der Waals surface area contributed by atoms with Gasteiger partial charge in [-0.1, -0.05) is 13.0 Å². The first-order chi connectivity index (χ1) is 12.6. The zero-order valence-electron chi connectivity index (χ0n) is 15.5. The molecule has 0 aliphatic heterocycles. The number of aryl methyl sites for hydroxylation is 2. The third-order valence-electron chi connectivity index (χ3n) is 4.72. The number of hydrogen-bond acceptors (Lipinski definition) is 5. The maximum absolute atomic E-state index is 12.4. The molecule has 0 bridgehead atoms. The van der Waals surface area contributed by atoms with E-state index in [0.717, 1.165) is 25.5 Å². The number of hydrazine groups is 1. The molecule has 27 heavy (non-hydrogen) atoms. The molecule has 6 nitrogen and oxygen atoms in total. The van der Waals surface area contributed by atoms with Gasteiger partial charge >= 0.3 is 0 Å². The van der Waals surface area contributed by atoms with E-state index in [1.165, 1.54) is 33.9 Å². The SMILES string of the molecule is Cc1ccc(S(C)(=O)=O)cc1C(=O)NNC(=O)c1cc2c(s1)CC[C@@H](C)C2. The zero-order valence-corrected chi connectivity index (χ0v) is 17.1. The Morgan fingerprint density at radius 3 is 2.56 bits per heavy atom. The summed E-state index contributed by atoms with van der Waals surface area (Å²) in [6, 6.07) is 6.24. The number of carbonyl (C=O) groups excluding carboxylic acids is 2. The first-order valence-electron chi connectivity index (χ1n) is 8.68. The molecule has 1 aromatic heterocycles. The van der Waals surface area contributed by atoms with Crippen molar-refractivity contribution in [3.05, 3.63) is 50.7 Å². The fraction of sp³-hybridized carbons (Fsp3) is 0.368. The van der Waals surface area contributed by atoms with Crippen molar-refractivity contribution in [3.8, 4) is 0 Å². The zero-order chi connectivity index (χ0) is 19.8. The fourth-order valence-corrected chi connectivity index (χ4v) is 4.89. The van der Waals surface area contributed by atoms with E-state index >= 15 is 0 Å². The van der Waals surface area contributed by atoms with E-state index in [1.54, 1.807) is 13.0 Å². The molecule has 0 saturated carbocycles. The Kier molecular flexibility index (Phi) is 5.39. The summed E-state index contributed by atoms with van der Waals surface area (Å²) >= 11 is 1.46. The van der Waals surface area contributed by atoms with Crippen LogP contribution in [-0.4, -0.2) is 26.5 Å². The van der Waals surface area contributed by atoms with Gasteiger partial charge in [0.2, 0.25) is 0 Å². The molecule has 0 fully saturated rings. The molecular formula is C19H22N2O4S2. The second-order valence-electron chi connectivity index (χ2n) is 7.06. The number of fused-ring (bicyclic) bond motifs is 1. The third-order valence-corrected chi connectivity index (χ3v) is 7.07. The Morgan fingerprint density at radius 2 is 1.85 bits per heavy atom. The van der Waals surface area contributed by atoms with E-state index in [2.05, 4.69) is 17.8 Å². The highest BCUT2D eigenvalue weighted by molar-refractivity contribution is 7.90. The fourth-order valence-electron chi connectivity index (χ4n) is 3.14. The summed E-state index contributed by atoms with van der Waals surface area (Å²) in [5.74, 6) is -0.304. The topological polar surface area (TPSA) is 92.3 Å². The monoisotopic (exact) mass is 406 g/mol. The van der Waals surface area contributed by atoms with Gasteiger partial charge in [0.1, 0.15) is 0 Å². The number of carbonyl (C=O) groups is 2. The van der Waals surface area contributed by atoms with Gasteiger partial charge in [0.05, 0.1) is 9.77 Å². The molecule has 0 radical (unpaired) electrons. The Bertz CT molecular complexity index is 1010. The molecule has 2 N–H and O–H groups in total. The van der Waals surface area contributed by atoms with Crippen LogP contribution in [0.2, 0.25) is 0 Å². The molecule has 2 amide bonds. The standard InChI is InChI=1S/C19H22N2O4S2/c1-11-4-7-16-13(8-11)9-17(26-16)19(23)21-20-18(22)15-10-14(27(3,24)25)6-5-12(15)2/h5-6,9-11H,4,7-8H2,1-3H3,(H,20,22)(H,21,23)/t11-/m1/s1. The smallest absolute Gasteiger partial charge is 0.267 e. The lowest BCUT2D eigenvalue weighted by Gasteiger charge is -2.16. The van der Waals surface area contributed by atoms with Gasteiger partial charge in [-0.2, -0.15) is 0 Å². The molecule has 0 spiro atoms. The van der Waals surface area contributed by atoms with Crippen molar-refractivity contribution in [2.45, 2.75) is 38.0 Å². The van der Waals surface area contributed by atoms with Crippen molar-refractivity contribution in [3.63, 3.8) is 0 Å². The lowest BCUT2D eigenvalue weighted by atomic mass is 9.90. The Hall–Kier alpha value is -2.19. The van der Waals surface area contributed by atoms with Crippen molar-refractivity contribution < 1.29 is 18.0 Å². The van der Waals surface area contributed by atoms with Gasteiger partial charge in [-0.15, -0.1) is 11.3 Å². The number of benzene rings is 1. The molecule has 1 aliphatic rings. The summed E-state index contributed by atoms with van der Waals surface area (Å²) in [4.78, 5) is 26.6. The number of nitrogens with one attached hydrogen (secondary N) is 2. The van der Waals surface area contributed by atoms with Gasteiger partial charge < -0.3 is 0 Å². The lowest BCUT2D eigenvalue weighted by Crippen LogP contribution is -2.41. The predicted octanol–water partition coefficient (Wildman–Crippen LogP) is 2.66. The third kappa shape index (κ3) is 4.39. The minimum atomic E-state index is -3.42. The van der Waals surface area contributed by atoms with Crippen LogP contribution in [0.3, 0.4) is 0 Å². The average molecular weight is 407 g/mol. The minimum absolute atomic E-state index is 0.0598. The van der Waals surface area contributed by atoms with Crippen molar-refractivity contribution in [1.29, 1.82) is 0 Å². The lowest BCUT2D eigenvalue weighted by molar-refractivity contribution is 0.0848. The van der Waals surface area contributed by atoms with Crippen LogP contribution < -0.4 is 10.9 Å². The number of rotatable bonds is 3. The largest absolute Gasteiger partial charge is 0.279 e. The van der Waals surface area contributed by atoms with Gasteiger partial charge in [0.25, 0.3) is 11.8 Å². The number of amides is 2. The van der Waals surface area contributed by atoms with E-state index in [-0.39, 0.29) is 16.4 Å². The predicted molar refractivity (Wildman–Crippen MR) is 105 cm³/mol. The van der Waals surface area contributed by atoms with E-state index < -0.39 is 15.7 Å². The summed E-state index contributed by atoms with van der Waals surface area (Å²) in [7, 11) is -3.42. The first-order valence-corrected chi connectivity index (χ1v) is 11.4. The van der Waals surface area contributed by atoms with Crippen LogP contribution in [0.25, 0.3) is 0 Å². The maximum atomic E-state index is 12.4. The second-order valence-corrected chi connectivity index (χ2v) is 10.2. The summed E-state index contributed by atoms with van der Waals surface area (Å²) < 4.78 is 23.4. The van der Waals surface area contributed by atoms with Crippen LogP contribution in [0.15, 0.2) is 29.2 Å². The Morgan fingerprint density at radius 1 is 1.15 bits per heavy atom. The summed E-state index contributed by atoms with van der Waals surface area (Å²) in [6.45, 7) is 3.91. The Balaban J connectivity index is 1.70. The van der Waals surface area contributed by atoms with Gasteiger partial charge in [0, 0.05) is 16.7 Å². The first kappa shape index (κ1) is 19.6. The minimum Gasteiger partial charge on any atom is -0.267 e. The molecule has 1 aromatic carbocycles. The van der Waals surface area contributed by atoms with Gasteiger partial charge in [-0.3, -0.25) is 20.4 Å². The normalized spacial score (nSPS) is 16.5. The number of sulfone groups is 1. The molecule has 8 heteroatoms. The molecule has 0 unspecified atom stereocenters. The van der Waals surface area contributed by atoms with Crippen LogP contribution in [0.4, 0.5) is 0 Å². The van der Waals surface area contributed by atoms with E-state index in [4.69, 9.17) is 0 Å². The Labute approximate surface area is 162 Å². The molecule has 2 aromatic rings. The van der Waals surface area contributed by atoms with Crippen LogP contribution in [0, 0.1) is 12.8 Å².